The number of aromatic nitrogens is 2. The van der Waals surface area contributed by atoms with Gasteiger partial charge in [0.05, 0.1) is 25.7 Å². The van der Waals surface area contributed by atoms with Crippen molar-refractivity contribution >= 4 is 5.91 Å². The summed E-state index contributed by atoms with van der Waals surface area (Å²) in [5.41, 5.74) is 1.99. The Labute approximate surface area is 154 Å². The van der Waals surface area contributed by atoms with Crippen LogP contribution < -0.4 is 4.74 Å². The van der Waals surface area contributed by atoms with E-state index in [9.17, 15) is 4.79 Å². The van der Waals surface area contributed by atoms with Crippen molar-refractivity contribution in [2.75, 3.05) is 20.3 Å². The Balaban J connectivity index is 1.58. The first-order chi connectivity index (χ1) is 12.7. The van der Waals surface area contributed by atoms with Crippen molar-refractivity contribution in [3.8, 4) is 5.75 Å². The maximum Gasteiger partial charge on any atom is 0.252 e. The van der Waals surface area contributed by atoms with Gasteiger partial charge in [-0.2, -0.15) is 0 Å². The molecule has 1 fully saturated rings. The van der Waals surface area contributed by atoms with Crippen LogP contribution in [-0.2, 0) is 29.0 Å². The van der Waals surface area contributed by atoms with Crippen molar-refractivity contribution in [3.05, 3.63) is 48.0 Å². The molecule has 3 rings (SSSR count). The molecule has 0 N–H and O–H groups in total. The van der Waals surface area contributed by atoms with E-state index >= 15 is 0 Å². The summed E-state index contributed by atoms with van der Waals surface area (Å²) in [6, 6.07) is 7.82. The second-order valence-electron chi connectivity index (χ2n) is 6.63. The lowest BCUT2D eigenvalue weighted by molar-refractivity contribution is -0.153. The molecule has 26 heavy (non-hydrogen) atoms. The Morgan fingerprint density at radius 3 is 2.85 bits per heavy atom. The van der Waals surface area contributed by atoms with Crippen LogP contribution in [-0.4, -0.2) is 46.7 Å². The molecule has 0 bridgehead atoms. The van der Waals surface area contributed by atoms with Crippen molar-refractivity contribution in [2.24, 2.45) is 0 Å². The minimum Gasteiger partial charge on any atom is -0.497 e. The number of benzene rings is 1. The lowest BCUT2D eigenvalue weighted by Gasteiger charge is -2.32. The number of aryl methyl sites for hydroxylation is 1. The first-order valence-electron chi connectivity index (χ1n) is 9.23. The van der Waals surface area contributed by atoms with Gasteiger partial charge in [0, 0.05) is 32.3 Å². The fourth-order valence-electron chi connectivity index (χ4n) is 3.11. The van der Waals surface area contributed by atoms with Crippen LogP contribution in [0.4, 0.5) is 0 Å². The predicted octanol–water partition coefficient (Wildman–Crippen LogP) is 2.66. The summed E-state index contributed by atoms with van der Waals surface area (Å²) in [6.07, 6.45) is 6.22. The number of carbonyl (C=O) groups excluding carboxylic acids is 1. The third-order valence-corrected chi connectivity index (χ3v) is 4.65. The molecule has 0 saturated carbocycles. The van der Waals surface area contributed by atoms with E-state index < -0.39 is 6.10 Å². The molecule has 0 unspecified atom stereocenters. The Kier molecular flexibility index (Phi) is 6.28. The van der Waals surface area contributed by atoms with E-state index in [0.717, 1.165) is 36.4 Å². The molecule has 1 saturated heterocycles. The van der Waals surface area contributed by atoms with Gasteiger partial charge in [-0.3, -0.25) is 4.79 Å². The van der Waals surface area contributed by atoms with E-state index in [4.69, 9.17) is 9.47 Å². The van der Waals surface area contributed by atoms with E-state index in [-0.39, 0.29) is 5.91 Å². The van der Waals surface area contributed by atoms with Crippen LogP contribution in [0.2, 0.25) is 0 Å². The molecular weight excluding hydrogens is 330 g/mol. The predicted molar refractivity (Wildman–Crippen MR) is 99.0 cm³/mol. The van der Waals surface area contributed by atoms with E-state index in [0.29, 0.717) is 26.1 Å². The minimum atomic E-state index is -0.448. The molecule has 2 aromatic rings. The van der Waals surface area contributed by atoms with E-state index in [1.807, 2.05) is 41.7 Å². The summed E-state index contributed by atoms with van der Waals surface area (Å²) in [7, 11) is 1.65. The smallest absolute Gasteiger partial charge is 0.252 e. The maximum atomic E-state index is 12.8. The van der Waals surface area contributed by atoms with Gasteiger partial charge in [-0.05, 0) is 24.1 Å². The highest BCUT2D eigenvalue weighted by molar-refractivity contribution is 5.81. The van der Waals surface area contributed by atoms with Crippen molar-refractivity contribution in [1.29, 1.82) is 0 Å². The minimum absolute atomic E-state index is 0.0372. The number of imidazole rings is 1. The van der Waals surface area contributed by atoms with Crippen LogP contribution in [0.3, 0.4) is 0 Å². The van der Waals surface area contributed by atoms with Gasteiger partial charge in [0.1, 0.15) is 11.9 Å². The number of amides is 1. The quantitative estimate of drug-likeness (QED) is 0.729. The molecule has 2 heterocycles. The van der Waals surface area contributed by atoms with Crippen molar-refractivity contribution in [2.45, 2.75) is 45.4 Å². The number of methoxy groups -OCH3 is 1. The summed E-state index contributed by atoms with van der Waals surface area (Å²) in [4.78, 5) is 19.1. The number of rotatable bonds is 8. The Morgan fingerprint density at radius 2 is 2.12 bits per heavy atom. The zero-order chi connectivity index (χ0) is 18.4. The van der Waals surface area contributed by atoms with Crippen LogP contribution in [0.5, 0.6) is 5.75 Å². The molecule has 6 nitrogen and oxygen atoms in total. The summed E-state index contributed by atoms with van der Waals surface area (Å²) in [6.45, 7) is 4.90. The second kappa shape index (κ2) is 8.85. The molecule has 0 spiro atoms. The topological polar surface area (TPSA) is 56.6 Å². The van der Waals surface area contributed by atoms with E-state index in [1.165, 1.54) is 0 Å². The monoisotopic (exact) mass is 357 g/mol. The average molecular weight is 357 g/mol. The third-order valence-electron chi connectivity index (χ3n) is 4.65. The number of unbranched alkanes of at least 4 members (excludes halogenated alkanes) is 1. The number of hydrogen-bond donors (Lipinski definition) is 0. The Hall–Kier alpha value is -2.34. The highest BCUT2D eigenvalue weighted by Gasteiger charge is 2.30. The molecule has 6 heteroatoms. The fourth-order valence-corrected chi connectivity index (χ4v) is 3.11. The van der Waals surface area contributed by atoms with Crippen molar-refractivity contribution in [1.82, 2.24) is 14.5 Å². The highest BCUT2D eigenvalue weighted by Crippen LogP contribution is 2.17. The summed E-state index contributed by atoms with van der Waals surface area (Å²) in [5, 5.41) is 0. The SMILES string of the molecule is CCCCn1cnc(C[C@@H]2OCCN(Cc3ccc(OC)cc3)C2=O)c1. The average Bonchev–Trinajstić information content (AvgIpc) is 3.11. The standard InChI is InChI=1S/C20H27N3O3/c1-3-4-9-22-14-17(21-15-22)12-19-20(24)23(10-11-26-19)13-16-5-7-18(25-2)8-6-16/h5-8,14-15,19H,3-4,9-13H2,1-2H3/t19-/m0/s1. The molecule has 1 amide bonds. The normalized spacial score (nSPS) is 17.5. The molecule has 1 aromatic carbocycles. The lowest BCUT2D eigenvalue weighted by atomic mass is 10.1. The second-order valence-corrected chi connectivity index (χ2v) is 6.63. The number of carbonyl (C=O) groups is 1. The van der Waals surface area contributed by atoms with Gasteiger partial charge in [-0.1, -0.05) is 25.5 Å². The van der Waals surface area contributed by atoms with Gasteiger partial charge in [-0.15, -0.1) is 0 Å². The van der Waals surface area contributed by atoms with Crippen molar-refractivity contribution < 1.29 is 14.3 Å². The van der Waals surface area contributed by atoms with Gasteiger partial charge in [0.15, 0.2) is 0 Å². The molecule has 0 aliphatic carbocycles. The highest BCUT2D eigenvalue weighted by atomic mass is 16.5. The first kappa shape index (κ1) is 18.5. The maximum absolute atomic E-state index is 12.8. The molecule has 1 aromatic heterocycles. The number of nitrogens with zero attached hydrogens (tertiary/aromatic N) is 3. The van der Waals surface area contributed by atoms with Crippen LogP contribution in [0.1, 0.15) is 31.0 Å². The Morgan fingerprint density at radius 1 is 1.31 bits per heavy atom. The largest absolute Gasteiger partial charge is 0.497 e. The Bertz CT molecular complexity index is 711. The van der Waals surface area contributed by atoms with Gasteiger partial charge >= 0.3 is 0 Å². The number of ether oxygens (including phenoxy) is 2. The van der Waals surface area contributed by atoms with E-state index in [1.54, 1.807) is 7.11 Å². The summed E-state index contributed by atoms with van der Waals surface area (Å²) in [5.74, 6) is 0.855. The zero-order valence-electron chi connectivity index (χ0n) is 15.6. The van der Waals surface area contributed by atoms with E-state index in [2.05, 4.69) is 16.5 Å². The molecule has 0 radical (unpaired) electrons. The first-order valence-corrected chi connectivity index (χ1v) is 9.23. The van der Waals surface area contributed by atoms with Gasteiger partial charge in [0.25, 0.3) is 5.91 Å². The van der Waals surface area contributed by atoms with Gasteiger partial charge < -0.3 is 18.9 Å². The van der Waals surface area contributed by atoms with Crippen molar-refractivity contribution in [3.63, 3.8) is 0 Å². The molecule has 1 atom stereocenters. The molecule has 1 aliphatic heterocycles. The van der Waals surface area contributed by atoms with Crippen LogP contribution in [0, 0.1) is 0 Å². The number of hydrogen-bond acceptors (Lipinski definition) is 4. The number of morpholine rings is 1. The van der Waals surface area contributed by atoms with Gasteiger partial charge in [-0.25, -0.2) is 4.98 Å². The van der Waals surface area contributed by atoms with Crippen LogP contribution in [0.15, 0.2) is 36.8 Å². The van der Waals surface area contributed by atoms with Crippen LogP contribution >= 0.6 is 0 Å². The zero-order valence-corrected chi connectivity index (χ0v) is 15.6. The fraction of sp³-hybridized carbons (Fsp3) is 0.500. The van der Waals surface area contributed by atoms with Gasteiger partial charge in [0.2, 0.25) is 0 Å². The molecule has 140 valence electrons. The molecular formula is C20H27N3O3. The summed E-state index contributed by atoms with van der Waals surface area (Å²) >= 11 is 0. The van der Waals surface area contributed by atoms with Crippen LogP contribution in [0.25, 0.3) is 0 Å². The molecule has 1 aliphatic rings. The lowest BCUT2D eigenvalue weighted by Crippen LogP contribution is -2.48. The summed E-state index contributed by atoms with van der Waals surface area (Å²) < 4.78 is 13.0. The third kappa shape index (κ3) is 4.64.